The zero-order chi connectivity index (χ0) is 13.1. The van der Waals surface area contributed by atoms with Crippen molar-refractivity contribution in [2.45, 2.75) is 49.9 Å². The molecule has 0 aromatic carbocycles. The molecule has 0 saturated heterocycles. The molecule has 2 unspecified atom stereocenters. The van der Waals surface area contributed by atoms with E-state index in [1.54, 1.807) is 0 Å². The number of hydrogen-bond donors (Lipinski definition) is 1. The zero-order valence-electron chi connectivity index (χ0n) is 10.7. The van der Waals surface area contributed by atoms with Crippen LogP contribution >= 0.6 is 11.8 Å². The Morgan fingerprint density at radius 3 is 2.50 bits per heavy atom. The van der Waals surface area contributed by atoms with E-state index in [2.05, 4.69) is 9.97 Å². The van der Waals surface area contributed by atoms with Crippen LogP contribution in [0.4, 0.5) is 0 Å². The number of aromatic nitrogens is 2. The van der Waals surface area contributed by atoms with E-state index in [4.69, 9.17) is 0 Å². The van der Waals surface area contributed by atoms with Gasteiger partial charge in [-0.2, -0.15) is 0 Å². The number of aliphatic carboxylic acids is 1. The van der Waals surface area contributed by atoms with E-state index in [-0.39, 0.29) is 11.2 Å². The molecule has 2 atom stereocenters. The summed E-state index contributed by atoms with van der Waals surface area (Å²) < 4.78 is 0. The quantitative estimate of drug-likeness (QED) is 0.852. The van der Waals surface area contributed by atoms with Crippen molar-refractivity contribution in [1.29, 1.82) is 0 Å². The minimum absolute atomic E-state index is 0.109. The molecule has 4 nitrogen and oxygen atoms in total. The van der Waals surface area contributed by atoms with Gasteiger partial charge in [-0.25, -0.2) is 9.97 Å². The number of aryl methyl sites for hydroxylation is 2. The van der Waals surface area contributed by atoms with Crippen LogP contribution in [0.2, 0.25) is 0 Å². The lowest BCUT2D eigenvalue weighted by atomic mass is 9.89. The fraction of sp³-hybridized carbons (Fsp3) is 0.615. The van der Waals surface area contributed by atoms with Crippen molar-refractivity contribution in [2.24, 2.45) is 5.92 Å². The fourth-order valence-corrected chi connectivity index (χ4v) is 3.77. The summed E-state index contributed by atoms with van der Waals surface area (Å²) >= 11 is 1.53. The first-order valence-electron chi connectivity index (χ1n) is 6.28. The van der Waals surface area contributed by atoms with Crippen LogP contribution in [0.3, 0.4) is 0 Å². The third-order valence-corrected chi connectivity index (χ3v) is 4.50. The Kier molecular flexibility index (Phi) is 4.22. The maximum Gasteiger partial charge on any atom is 0.307 e. The monoisotopic (exact) mass is 266 g/mol. The van der Waals surface area contributed by atoms with Crippen molar-refractivity contribution in [3.05, 3.63) is 17.5 Å². The number of rotatable bonds is 3. The van der Waals surface area contributed by atoms with Gasteiger partial charge in [-0.3, -0.25) is 4.79 Å². The third kappa shape index (κ3) is 3.22. The number of carbonyl (C=O) groups is 1. The molecule has 98 valence electrons. The Morgan fingerprint density at radius 1 is 1.28 bits per heavy atom. The van der Waals surface area contributed by atoms with Crippen molar-refractivity contribution in [3.63, 3.8) is 0 Å². The molecule has 1 aliphatic carbocycles. The van der Waals surface area contributed by atoms with Crippen molar-refractivity contribution >= 4 is 17.7 Å². The predicted octanol–water partition coefficient (Wildman–Crippen LogP) is 2.83. The largest absolute Gasteiger partial charge is 0.481 e. The first kappa shape index (κ1) is 13.3. The van der Waals surface area contributed by atoms with Crippen LogP contribution in [0, 0.1) is 19.8 Å². The topological polar surface area (TPSA) is 63.1 Å². The Hall–Kier alpha value is -1.10. The summed E-state index contributed by atoms with van der Waals surface area (Å²) in [4.78, 5) is 20.0. The summed E-state index contributed by atoms with van der Waals surface area (Å²) in [7, 11) is 0. The van der Waals surface area contributed by atoms with Gasteiger partial charge in [0.15, 0.2) is 5.16 Å². The molecule has 0 spiro atoms. The zero-order valence-corrected chi connectivity index (χ0v) is 11.5. The molecule has 5 heteroatoms. The molecule has 1 aliphatic rings. The predicted molar refractivity (Wildman–Crippen MR) is 70.7 cm³/mol. The first-order chi connectivity index (χ1) is 8.56. The highest BCUT2D eigenvalue weighted by Gasteiger charge is 2.32. The number of nitrogens with zero attached hydrogens (tertiary/aromatic N) is 2. The molecule has 0 bridgehead atoms. The van der Waals surface area contributed by atoms with Gasteiger partial charge in [0, 0.05) is 16.6 Å². The van der Waals surface area contributed by atoms with Crippen LogP contribution in [0.5, 0.6) is 0 Å². The van der Waals surface area contributed by atoms with E-state index >= 15 is 0 Å². The fourth-order valence-electron chi connectivity index (χ4n) is 2.40. The molecule has 1 aromatic rings. The van der Waals surface area contributed by atoms with Crippen LogP contribution in [-0.4, -0.2) is 26.3 Å². The highest BCUT2D eigenvalue weighted by Crippen LogP contribution is 2.36. The van der Waals surface area contributed by atoms with E-state index in [0.29, 0.717) is 5.16 Å². The highest BCUT2D eigenvalue weighted by atomic mass is 32.2. The summed E-state index contributed by atoms with van der Waals surface area (Å²) in [5.41, 5.74) is 1.88. The minimum Gasteiger partial charge on any atom is -0.481 e. The number of hydrogen-bond acceptors (Lipinski definition) is 4. The second-order valence-electron chi connectivity index (χ2n) is 4.82. The molecule has 0 radical (unpaired) electrons. The summed E-state index contributed by atoms with van der Waals surface area (Å²) in [6.45, 7) is 3.88. The maximum atomic E-state index is 11.2. The van der Waals surface area contributed by atoms with Gasteiger partial charge in [0.1, 0.15) is 0 Å². The smallest absolute Gasteiger partial charge is 0.307 e. The van der Waals surface area contributed by atoms with Gasteiger partial charge in [0.2, 0.25) is 0 Å². The molecular weight excluding hydrogens is 248 g/mol. The lowest BCUT2D eigenvalue weighted by molar-refractivity contribution is -0.142. The third-order valence-electron chi connectivity index (χ3n) is 3.24. The number of thioether (sulfide) groups is 1. The van der Waals surface area contributed by atoms with Crippen molar-refractivity contribution in [3.8, 4) is 0 Å². The van der Waals surface area contributed by atoms with Crippen LogP contribution in [0.15, 0.2) is 11.2 Å². The van der Waals surface area contributed by atoms with Crippen LogP contribution in [0.1, 0.15) is 37.1 Å². The Labute approximate surface area is 111 Å². The maximum absolute atomic E-state index is 11.2. The molecule has 1 saturated carbocycles. The van der Waals surface area contributed by atoms with Crippen LogP contribution < -0.4 is 0 Å². The Balaban J connectivity index is 2.13. The van der Waals surface area contributed by atoms with E-state index in [1.807, 2.05) is 19.9 Å². The molecule has 1 fully saturated rings. The molecule has 1 N–H and O–H groups in total. The van der Waals surface area contributed by atoms with Gasteiger partial charge >= 0.3 is 5.97 Å². The van der Waals surface area contributed by atoms with Crippen LogP contribution in [-0.2, 0) is 4.79 Å². The molecular formula is C13H18N2O2S. The average molecular weight is 266 g/mol. The highest BCUT2D eigenvalue weighted by molar-refractivity contribution is 7.99. The van der Waals surface area contributed by atoms with E-state index in [0.717, 1.165) is 37.1 Å². The molecule has 1 aromatic heterocycles. The van der Waals surface area contributed by atoms with Crippen LogP contribution in [0.25, 0.3) is 0 Å². The van der Waals surface area contributed by atoms with Gasteiger partial charge in [0.05, 0.1) is 5.92 Å². The van der Waals surface area contributed by atoms with Gasteiger partial charge < -0.3 is 5.11 Å². The minimum atomic E-state index is -0.684. The van der Waals surface area contributed by atoms with Crippen molar-refractivity contribution < 1.29 is 9.90 Å². The molecule has 1 heterocycles. The summed E-state index contributed by atoms with van der Waals surface area (Å²) in [6, 6.07) is 1.93. The number of carboxylic acid groups (broad SMARTS) is 1. The van der Waals surface area contributed by atoms with E-state index < -0.39 is 5.97 Å². The normalized spacial score (nSPS) is 23.9. The van der Waals surface area contributed by atoms with Gasteiger partial charge in [-0.1, -0.05) is 24.6 Å². The summed E-state index contributed by atoms with van der Waals surface area (Å²) in [6.07, 6.45) is 3.84. The Bertz CT molecular complexity index is 430. The van der Waals surface area contributed by atoms with Crippen molar-refractivity contribution in [2.75, 3.05) is 0 Å². The SMILES string of the molecule is Cc1cc(C)nc(SC2CCCCC2C(=O)O)n1. The van der Waals surface area contributed by atoms with Crippen molar-refractivity contribution in [1.82, 2.24) is 9.97 Å². The second-order valence-corrected chi connectivity index (χ2v) is 6.03. The lowest BCUT2D eigenvalue weighted by Crippen LogP contribution is -2.29. The molecule has 2 rings (SSSR count). The molecule has 0 amide bonds. The first-order valence-corrected chi connectivity index (χ1v) is 7.16. The summed E-state index contributed by atoms with van der Waals surface area (Å²) in [5, 5.41) is 10.1. The Morgan fingerprint density at radius 2 is 1.89 bits per heavy atom. The average Bonchev–Trinajstić information content (AvgIpc) is 2.27. The van der Waals surface area contributed by atoms with E-state index in [9.17, 15) is 9.90 Å². The van der Waals surface area contributed by atoms with E-state index in [1.165, 1.54) is 11.8 Å². The second kappa shape index (κ2) is 5.69. The van der Waals surface area contributed by atoms with Gasteiger partial charge in [0.25, 0.3) is 0 Å². The molecule has 18 heavy (non-hydrogen) atoms. The van der Waals surface area contributed by atoms with Gasteiger partial charge in [-0.05, 0) is 32.8 Å². The molecule has 0 aliphatic heterocycles. The summed E-state index contributed by atoms with van der Waals surface area (Å²) in [5.74, 6) is -0.940. The standard InChI is InChI=1S/C13H18N2O2S/c1-8-7-9(2)15-13(14-8)18-11-6-4-3-5-10(11)12(16)17/h7,10-11H,3-6H2,1-2H3,(H,16,17). The lowest BCUT2D eigenvalue weighted by Gasteiger charge is -2.27. The number of carboxylic acids is 1. The van der Waals surface area contributed by atoms with Gasteiger partial charge in [-0.15, -0.1) is 0 Å².